The molecule has 1 N–H and O–H groups in total. The van der Waals surface area contributed by atoms with Crippen LogP contribution in [0, 0.1) is 5.92 Å². The molecule has 2 nitrogen and oxygen atoms in total. The molecule has 28 heavy (non-hydrogen) atoms. The number of halogens is 2. The van der Waals surface area contributed by atoms with Gasteiger partial charge in [0.25, 0.3) is 0 Å². The Hall–Kier alpha value is -1.32. The predicted molar refractivity (Wildman–Crippen MR) is 125 cm³/mol. The maximum atomic E-state index is 3.54. The first kappa shape index (κ1) is 21.4. The minimum Gasteiger partial charge on any atom is -0.314 e. The van der Waals surface area contributed by atoms with Crippen LogP contribution in [-0.4, -0.2) is 31.1 Å². The van der Waals surface area contributed by atoms with E-state index < -0.39 is 0 Å². The van der Waals surface area contributed by atoms with Gasteiger partial charge < -0.3 is 5.32 Å². The van der Waals surface area contributed by atoms with E-state index >= 15 is 0 Å². The summed E-state index contributed by atoms with van der Waals surface area (Å²) in [7, 11) is 0. The van der Waals surface area contributed by atoms with Crippen molar-refractivity contribution in [1.29, 1.82) is 0 Å². The van der Waals surface area contributed by atoms with Crippen molar-refractivity contribution in [2.45, 2.75) is 31.7 Å². The molecule has 2 aliphatic rings. The summed E-state index contributed by atoms with van der Waals surface area (Å²) < 4.78 is 0. The average molecular weight is 417 g/mol. The highest BCUT2D eigenvalue weighted by Gasteiger charge is 2.33. The fraction of sp³-hybridized carbons (Fsp3) is 0.417. The molecule has 5 rings (SSSR count). The standard InChI is InChI=1S/C24H28N2.2ClH/c1-2-8-18(7-1)24(26-15-13-25-14-16-26)23-17-19-9-3-4-10-20(19)21-11-5-6-12-22(21)23;;/h3-6,9-12,17-18,24-25H,1-2,7-8,13-16H2;2*1H/t24-;;/m0../s1. The van der Waals surface area contributed by atoms with Gasteiger partial charge in [0.15, 0.2) is 0 Å². The summed E-state index contributed by atoms with van der Waals surface area (Å²) in [5.74, 6) is 0.803. The molecule has 4 heteroatoms. The number of hydrogen-bond donors (Lipinski definition) is 1. The Labute approximate surface area is 180 Å². The van der Waals surface area contributed by atoms with Gasteiger partial charge in [0.2, 0.25) is 0 Å². The minimum atomic E-state index is 0. The summed E-state index contributed by atoms with van der Waals surface area (Å²) in [6.07, 6.45) is 5.57. The Morgan fingerprint density at radius 1 is 0.786 bits per heavy atom. The molecule has 2 fully saturated rings. The minimum absolute atomic E-state index is 0. The normalized spacial score (nSPS) is 19.3. The molecule has 1 saturated heterocycles. The van der Waals surface area contributed by atoms with E-state index in [1.165, 1.54) is 60.3 Å². The molecule has 1 atom stereocenters. The summed E-state index contributed by atoms with van der Waals surface area (Å²) in [5.41, 5.74) is 1.56. The van der Waals surface area contributed by atoms with Crippen LogP contribution >= 0.6 is 24.8 Å². The lowest BCUT2D eigenvalue weighted by atomic mass is 9.85. The van der Waals surface area contributed by atoms with Gasteiger partial charge in [-0.1, -0.05) is 61.4 Å². The maximum absolute atomic E-state index is 3.54. The predicted octanol–water partition coefficient (Wildman–Crippen LogP) is 5.97. The number of piperazine rings is 1. The Bertz CT molecular complexity index is 915. The third-order valence-electron chi connectivity index (χ3n) is 6.51. The van der Waals surface area contributed by atoms with Gasteiger partial charge in [0.05, 0.1) is 0 Å². The van der Waals surface area contributed by atoms with Crippen molar-refractivity contribution in [3.8, 4) is 0 Å². The molecule has 1 aliphatic heterocycles. The third-order valence-corrected chi connectivity index (χ3v) is 6.51. The Kier molecular flexibility index (Phi) is 7.22. The lowest BCUT2D eigenvalue weighted by Gasteiger charge is -2.39. The summed E-state index contributed by atoms with van der Waals surface area (Å²) >= 11 is 0. The van der Waals surface area contributed by atoms with Crippen LogP contribution in [0.2, 0.25) is 0 Å². The van der Waals surface area contributed by atoms with Gasteiger partial charge >= 0.3 is 0 Å². The van der Waals surface area contributed by atoms with E-state index in [-0.39, 0.29) is 24.8 Å². The van der Waals surface area contributed by atoms with Crippen LogP contribution in [0.1, 0.15) is 37.3 Å². The van der Waals surface area contributed by atoms with E-state index in [0.717, 1.165) is 19.0 Å². The van der Waals surface area contributed by atoms with E-state index in [0.29, 0.717) is 6.04 Å². The van der Waals surface area contributed by atoms with Crippen LogP contribution in [0.3, 0.4) is 0 Å². The lowest BCUT2D eigenvalue weighted by Crippen LogP contribution is -2.46. The van der Waals surface area contributed by atoms with E-state index in [9.17, 15) is 0 Å². The molecule has 0 radical (unpaired) electrons. The summed E-state index contributed by atoms with van der Waals surface area (Å²) in [6, 6.07) is 21.0. The highest BCUT2D eigenvalue weighted by atomic mass is 35.5. The van der Waals surface area contributed by atoms with Gasteiger partial charge in [0.1, 0.15) is 0 Å². The molecule has 0 aromatic heterocycles. The average Bonchev–Trinajstić information content (AvgIpc) is 3.23. The van der Waals surface area contributed by atoms with Crippen LogP contribution in [0.25, 0.3) is 21.5 Å². The Morgan fingerprint density at radius 3 is 2.11 bits per heavy atom. The van der Waals surface area contributed by atoms with Crippen molar-refractivity contribution in [3.05, 3.63) is 60.2 Å². The first-order valence-electron chi connectivity index (χ1n) is 10.3. The van der Waals surface area contributed by atoms with Crippen molar-refractivity contribution >= 4 is 46.4 Å². The number of nitrogens with zero attached hydrogens (tertiary/aromatic N) is 1. The van der Waals surface area contributed by atoms with E-state index in [2.05, 4.69) is 64.8 Å². The number of benzene rings is 3. The van der Waals surface area contributed by atoms with Crippen molar-refractivity contribution < 1.29 is 0 Å². The molecule has 1 heterocycles. The highest BCUT2D eigenvalue weighted by molar-refractivity contribution is 6.09. The van der Waals surface area contributed by atoms with E-state index in [1.54, 1.807) is 5.56 Å². The second kappa shape index (κ2) is 9.45. The van der Waals surface area contributed by atoms with Gasteiger partial charge in [-0.05, 0) is 51.9 Å². The molecular weight excluding hydrogens is 387 g/mol. The van der Waals surface area contributed by atoms with Gasteiger partial charge in [0, 0.05) is 32.2 Å². The molecular formula is C24H30Cl2N2. The summed E-state index contributed by atoms with van der Waals surface area (Å²) in [5, 5.41) is 9.19. The highest BCUT2D eigenvalue weighted by Crippen LogP contribution is 2.43. The number of nitrogens with one attached hydrogen (secondary N) is 1. The van der Waals surface area contributed by atoms with Gasteiger partial charge in [-0.15, -0.1) is 24.8 Å². The number of fused-ring (bicyclic) bond motifs is 3. The summed E-state index contributed by atoms with van der Waals surface area (Å²) in [4.78, 5) is 2.77. The van der Waals surface area contributed by atoms with Crippen molar-refractivity contribution in [2.24, 2.45) is 5.92 Å². The van der Waals surface area contributed by atoms with Crippen molar-refractivity contribution in [3.63, 3.8) is 0 Å². The van der Waals surface area contributed by atoms with Crippen molar-refractivity contribution in [2.75, 3.05) is 26.2 Å². The number of rotatable bonds is 3. The first-order chi connectivity index (χ1) is 12.9. The molecule has 3 aromatic rings. The quantitative estimate of drug-likeness (QED) is 0.528. The second-order valence-electron chi connectivity index (χ2n) is 8.01. The lowest BCUT2D eigenvalue weighted by molar-refractivity contribution is 0.126. The fourth-order valence-corrected chi connectivity index (χ4v) is 5.31. The smallest absolute Gasteiger partial charge is 0.0383 e. The zero-order chi connectivity index (χ0) is 17.3. The van der Waals surface area contributed by atoms with E-state index in [4.69, 9.17) is 0 Å². The van der Waals surface area contributed by atoms with Crippen LogP contribution in [-0.2, 0) is 0 Å². The molecule has 3 aromatic carbocycles. The molecule has 0 amide bonds. The molecule has 150 valence electrons. The zero-order valence-electron chi connectivity index (χ0n) is 16.3. The third kappa shape index (κ3) is 3.89. The van der Waals surface area contributed by atoms with E-state index in [1.807, 2.05) is 0 Å². The second-order valence-corrected chi connectivity index (χ2v) is 8.01. The maximum Gasteiger partial charge on any atom is 0.0383 e. The number of hydrogen-bond acceptors (Lipinski definition) is 2. The summed E-state index contributed by atoms with van der Waals surface area (Å²) in [6.45, 7) is 4.58. The molecule has 0 spiro atoms. The van der Waals surface area contributed by atoms with Crippen molar-refractivity contribution in [1.82, 2.24) is 10.2 Å². The SMILES string of the molecule is Cl.Cl.c1ccc2c(c1)cc([C@H](C1CCCC1)N1CCNCC1)c1ccccc12. The van der Waals surface area contributed by atoms with Gasteiger partial charge in [-0.2, -0.15) is 0 Å². The monoisotopic (exact) mass is 416 g/mol. The molecule has 0 unspecified atom stereocenters. The largest absolute Gasteiger partial charge is 0.314 e. The first-order valence-corrected chi connectivity index (χ1v) is 10.3. The van der Waals surface area contributed by atoms with Crippen LogP contribution in [0.5, 0.6) is 0 Å². The van der Waals surface area contributed by atoms with Gasteiger partial charge in [-0.3, -0.25) is 4.90 Å². The topological polar surface area (TPSA) is 15.3 Å². The van der Waals surface area contributed by atoms with Crippen LogP contribution in [0.15, 0.2) is 54.6 Å². The van der Waals surface area contributed by atoms with Gasteiger partial charge in [-0.25, -0.2) is 0 Å². The molecule has 1 aliphatic carbocycles. The molecule has 1 saturated carbocycles. The fourth-order valence-electron chi connectivity index (χ4n) is 5.31. The Balaban J connectivity index is 0.00000112. The van der Waals surface area contributed by atoms with Crippen LogP contribution < -0.4 is 5.32 Å². The Morgan fingerprint density at radius 2 is 1.39 bits per heavy atom. The molecule has 0 bridgehead atoms. The zero-order valence-corrected chi connectivity index (χ0v) is 17.9. The van der Waals surface area contributed by atoms with Crippen LogP contribution in [0.4, 0.5) is 0 Å².